The molecule has 2 N–H and O–H groups in total. The van der Waals surface area contributed by atoms with Crippen LogP contribution in [0.4, 0.5) is 0 Å². The van der Waals surface area contributed by atoms with E-state index in [2.05, 4.69) is 0 Å². The van der Waals surface area contributed by atoms with Crippen molar-refractivity contribution in [1.82, 2.24) is 0 Å². The van der Waals surface area contributed by atoms with Crippen LogP contribution in [-0.2, 0) is 9.59 Å². The maximum Gasteiger partial charge on any atom is 0.309 e. The van der Waals surface area contributed by atoms with Crippen molar-refractivity contribution in [2.24, 2.45) is 10.8 Å². The SMILES string of the molecule is CCC1(C(=O)O)CCC(CC)(C(=O)O)CC1. The van der Waals surface area contributed by atoms with Crippen LogP contribution in [-0.4, -0.2) is 22.2 Å². The second kappa shape index (κ2) is 4.44. The van der Waals surface area contributed by atoms with E-state index in [0.717, 1.165) is 0 Å². The van der Waals surface area contributed by atoms with Crippen molar-refractivity contribution in [2.75, 3.05) is 0 Å². The van der Waals surface area contributed by atoms with Gasteiger partial charge in [0.05, 0.1) is 10.8 Å². The maximum absolute atomic E-state index is 11.2. The van der Waals surface area contributed by atoms with E-state index in [1.807, 2.05) is 13.8 Å². The van der Waals surface area contributed by atoms with Crippen molar-refractivity contribution in [2.45, 2.75) is 52.4 Å². The number of aliphatic carboxylic acids is 2. The van der Waals surface area contributed by atoms with Crippen LogP contribution in [0.25, 0.3) is 0 Å². The summed E-state index contributed by atoms with van der Waals surface area (Å²) in [6, 6.07) is 0. The van der Waals surface area contributed by atoms with Gasteiger partial charge in [0.25, 0.3) is 0 Å². The third kappa shape index (κ3) is 1.93. The smallest absolute Gasteiger partial charge is 0.309 e. The molecule has 0 bridgehead atoms. The van der Waals surface area contributed by atoms with Gasteiger partial charge in [0.1, 0.15) is 0 Å². The molecule has 0 heterocycles. The summed E-state index contributed by atoms with van der Waals surface area (Å²) in [5.74, 6) is -1.55. The van der Waals surface area contributed by atoms with Gasteiger partial charge in [-0.05, 0) is 38.5 Å². The molecular weight excluding hydrogens is 208 g/mol. The van der Waals surface area contributed by atoms with Crippen molar-refractivity contribution in [3.63, 3.8) is 0 Å². The fourth-order valence-corrected chi connectivity index (χ4v) is 2.64. The van der Waals surface area contributed by atoms with Crippen LogP contribution in [0.5, 0.6) is 0 Å². The topological polar surface area (TPSA) is 74.6 Å². The van der Waals surface area contributed by atoms with Crippen molar-refractivity contribution >= 4 is 11.9 Å². The Hall–Kier alpha value is -1.06. The molecule has 1 rings (SSSR count). The Bertz CT molecular complexity index is 257. The molecule has 0 aromatic heterocycles. The Kier molecular flexibility index (Phi) is 3.61. The van der Waals surface area contributed by atoms with Crippen LogP contribution in [0.3, 0.4) is 0 Å². The Morgan fingerprint density at radius 2 is 1.12 bits per heavy atom. The molecule has 4 nitrogen and oxygen atoms in total. The fourth-order valence-electron chi connectivity index (χ4n) is 2.64. The maximum atomic E-state index is 11.2. The first-order valence-electron chi connectivity index (χ1n) is 5.89. The predicted molar refractivity (Wildman–Crippen MR) is 59.2 cm³/mol. The van der Waals surface area contributed by atoms with E-state index in [1.54, 1.807) is 0 Å². The van der Waals surface area contributed by atoms with Crippen molar-refractivity contribution in [3.05, 3.63) is 0 Å². The average Bonchev–Trinajstić information content (AvgIpc) is 2.28. The van der Waals surface area contributed by atoms with Gasteiger partial charge in [0.2, 0.25) is 0 Å². The van der Waals surface area contributed by atoms with E-state index in [-0.39, 0.29) is 0 Å². The number of carbonyl (C=O) groups is 2. The highest BCUT2D eigenvalue weighted by Crippen LogP contribution is 2.49. The molecule has 92 valence electrons. The molecular formula is C12H20O4. The van der Waals surface area contributed by atoms with Gasteiger partial charge in [-0.1, -0.05) is 13.8 Å². The summed E-state index contributed by atoms with van der Waals surface area (Å²) in [4.78, 5) is 22.5. The van der Waals surface area contributed by atoms with Crippen molar-refractivity contribution in [1.29, 1.82) is 0 Å². The summed E-state index contributed by atoms with van der Waals surface area (Å²) >= 11 is 0. The number of hydrogen-bond acceptors (Lipinski definition) is 2. The van der Waals surface area contributed by atoms with Gasteiger partial charge < -0.3 is 10.2 Å². The zero-order valence-corrected chi connectivity index (χ0v) is 9.95. The van der Waals surface area contributed by atoms with Crippen LogP contribution in [0.2, 0.25) is 0 Å². The van der Waals surface area contributed by atoms with Crippen molar-refractivity contribution in [3.8, 4) is 0 Å². The highest BCUT2D eigenvalue weighted by atomic mass is 16.4. The van der Waals surface area contributed by atoms with Gasteiger partial charge in [-0.15, -0.1) is 0 Å². The van der Waals surface area contributed by atoms with Crippen LogP contribution in [0.15, 0.2) is 0 Å². The van der Waals surface area contributed by atoms with Gasteiger partial charge in [-0.3, -0.25) is 9.59 Å². The van der Waals surface area contributed by atoms with E-state index < -0.39 is 22.8 Å². The number of carboxylic acid groups (broad SMARTS) is 2. The lowest BCUT2D eigenvalue weighted by atomic mass is 9.61. The molecule has 0 spiro atoms. The average molecular weight is 228 g/mol. The van der Waals surface area contributed by atoms with Crippen LogP contribution in [0, 0.1) is 10.8 Å². The Morgan fingerprint density at radius 3 is 1.25 bits per heavy atom. The van der Waals surface area contributed by atoms with E-state index >= 15 is 0 Å². The summed E-state index contributed by atoms with van der Waals surface area (Å²) in [5, 5.41) is 18.4. The molecule has 1 aliphatic carbocycles. The molecule has 0 radical (unpaired) electrons. The largest absolute Gasteiger partial charge is 0.481 e. The van der Waals surface area contributed by atoms with E-state index in [9.17, 15) is 19.8 Å². The molecule has 4 heteroatoms. The standard InChI is InChI=1S/C12H20O4/c1-3-11(9(13)14)5-7-12(4-2,8-6-11)10(15)16/h3-8H2,1-2H3,(H,13,14)(H,15,16). The van der Waals surface area contributed by atoms with E-state index in [0.29, 0.717) is 38.5 Å². The normalized spacial score (nSPS) is 34.6. The molecule has 1 aliphatic rings. The molecule has 0 aromatic carbocycles. The van der Waals surface area contributed by atoms with Crippen LogP contribution in [0.1, 0.15) is 52.4 Å². The molecule has 1 fully saturated rings. The summed E-state index contributed by atoms with van der Waals surface area (Å²) < 4.78 is 0. The molecule has 0 saturated heterocycles. The Morgan fingerprint density at radius 1 is 0.875 bits per heavy atom. The van der Waals surface area contributed by atoms with Gasteiger partial charge in [-0.25, -0.2) is 0 Å². The van der Waals surface area contributed by atoms with Gasteiger partial charge in [0, 0.05) is 0 Å². The zero-order valence-electron chi connectivity index (χ0n) is 9.95. The lowest BCUT2D eigenvalue weighted by Crippen LogP contribution is -2.42. The minimum atomic E-state index is -0.773. The van der Waals surface area contributed by atoms with Gasteiger partial charge >= 0.3 is 11.9 Å². The lowest BCUT2D eigenvalue weighted by molar-refractivity contribution is -0.161. The van der Waals surface area contributed by atoms with Gasteiger partial charge in [-0.2, -0.15) is 0 Å². The molecule has 16 heavy (non-hydrogen) atoms. The minimum absolute atomic E-state index is 0.485. The molecule has 0 aromatic rings. The molecule has 1 saturated carbocycles. The minimum Gasteiger partial charge on any atom is -0.481 e. The lowest BCUT2D eigenvalue weighted by Gasteiger charge is -2.41. The first kappa shape index (κ1) is 13.0. The summed E-state index contributed by atoms with van der Waals surface area (Å²) in [6.45, 7) is 3.74. The van der Waals surface area contributed by atoms with Crippen LogP contribution >= 0.6 is 0 Å². The zero-order chi connectivity index (χ0) is 12.4. The van der Waals surface area contributed by atoms with E-state index in [4.69, 9.17) is 0 Å². The van der Waals surface area contributed by atoms with Crippen LogP contribution < -0.4 is 0 Å². The second-order valence-electron chi connectivity index (χ2n) is 4.88. The third-order valence-electron chi connectivity index (χ3n) is 4.43. The summed E-state index contributed by atoms with van der Waals surface area (Å²) in [5.41, 5.74) is -1.37. The number of hydrogen-bond donors (Lipinski definition) is 2. The second-order valence-corrected chi connectivity index (χ2v) is 4.88. The first-order chi connectivity index (χ1) is 7.42. The monoisotopic (exact) mass is 228 g/mol. The quantitative estimate of drug-likeness (QED) is 0.775. The first-order valence-corrected chi connectivity index (χ1v) is 5.89. The summed E-state index contributed by atoms with van der Waals surface area (Å²) in [7, 11) is 0. The fraction of sp³-hybridized carbons (Fsp3) is 0.833. The summed E-state index contributed by atoms with van der Waals surface area (Å²) in [6.07, 6.45) is 3.11. The molecule has 0 amide bonds. The van der Waals surface area contributed by atoms with E-state index in [1.165, 1.54) is 0 Å². The molecule has 0 unspecified atom stereocenters. The number of rotatable bonds is 4. The van der Waals surface area contributed by atoms with Crippen molar-refractivity contribution < 1.29 is 19.8 Å². The highest BCUT2D eigenvalue weighted by molar-refractivity contribution is 5.77. The Labute approximate surface area is 95.7 Å². The molecule has 0 aliphatic heterocycles. The Balaban J connectivity index is 2.83. The highest BCUT2D eigenvalue weighted by Gasteiger charge is 2.48. The number of carboxylic acids is 2. The predicted octanol–water partition coefficient (Wildman–Crippen LogP) is 2.52. The van der Waals surface area contributed by atoms with Gasteiger partial charge in [0.15, 0.2) is 0 Å². The third-order valence-corrected chi connectivity index (χ3v) is 4.43. The molecule has 0 atom stereocenters.